The summed E-state index contributed by atoms with van der Waals surface area (Å²) in [4.78, 5) is 26.7. The SMILES string of the molecule is COC(=O)C1CC2CCCCC2N1C[C@@H](C)[C@@H]1CC[C@@H](C)[C@]2(O)C[C@@H](OC(C)=O)C(C)=C[C@H]12. The molecule has 33 heavy (non-hydrogen) atoms. The number of rotatable bonds is 5. The minimum atomic E-state index is -0.864. The first-order chi connectivity index (χ1) is 15.7. The van der Waals surface area contributed by atoms with Gasteiger partial charge >= 0.3 is 11.9 Å². The number of nitrogens with zero attached hydrogens (tertiary/aromatic N) is 1. The lowest BCUT2D eigenvalue weighted by Crippen LogP contribution is -2.56. The van der Waals surface area contributed by atoms with Crippen molar-refractivity contribution in [3.05, 3.63) is 11.6 Å². The van der Waals surface area contributed by atoms with Gasteiger partial charge in [-0.05, 0) is 68.3 Å². The van der Waals surface area contributed by atoms with Crippen LogP contribution >= 0.6 is 0 Å². The maximum absolute atomic E-state index is 12.7. The van der Waals surface area contributed by atoms with Gasteiger partial charge in [0.2, 0.25) is 0 Å². The van der Waals surface area contributed by atoms with E-state index in [1.807, 2.05) is 6.92 Å². The molecule has 1 saturated heterocycles. The van der Waals surface area contributed by atoms with Gasteiger partial charge in [-0.3, -0.25) is 14.5 Å². The highest BCUT2D eigenvalue weighted by molar-refractivity contribution is 5.76. The molecule has 1 heterocycles. The molecule has 4 rings (SSSR count). The van der Waals surface area contributed by atoms with Gasteiger partial charge in [0.05, 0.1) is 12.7 Å². The quantitative estimate of drug-likeness (QED) is 0.491. The summed E-state index contributed by atoms with van der Waals surface area (Å²) in [5, 5.41) is 11.9. The van der Waals surface area contributed by atoms with Gasteiger partial charge in [0.15, 0.2) is 0 Å². The molecule has 3 aliphatic carbocycles. The van der Waals surface area contributed by atoms with Gasteiger partial charge < -0.3 is 14.6 Å². The standard InChI is InChI=1S/C27H43NO5/c1-16-12-22-21(11-10-18(3)27(22,31)14-25(16)33-19(4)29)17(2)15-28-23-9-7-6-8-20(23)13-24(28)26(30)32-5/h12,17-18,20-25,31H,6-11,13-15H2,1-5H3/t17-,18-,20?,21+,22-,23?,24?,25-,27-/m1/s1. The van der Waals surface area contributed by atoms with Crippen molar-refractivity contribution in [2.45, 2.75) is 103 Å². The Balaban J connectivity index is 1.56. The number of ether oxygens (including phenoxy) is 2. The highest BCUT2D eigenvalue weighted by atomic mass is 16.5. The minimum absolute atomic E-state index is 0.0457. The van der Waals surface area contributed by atoms with Crippen LogP contribution in [0.25, 0.3) is 0 Å². The predicted octanol–water partition coefficient (Wildman–Crippen LogP) is 4.10. The lowest BCUT2D eigenvalue weighted by molar-refractivity contribution is -0.160. The van der Waals surface area contributed by atoms with Gasteiger partial charge in [-0.1, -0.05) is 32.8 Å². The third-order valence-electron chi connectivity index (χ3n) is 9.52. The van der Waals surface area contributed by atoms with Crippen molar-refractivity contribution in [1.82, 2.24) is 4.90 Å². The summed E-state index contributed by atoms with van der Waals surface area (Å²) in [5.41, 5.74) is 0.184. The molecule has 0 amide bonds. The van der Waals surface area contributed by atoms with E-state index in [2.05, 4.69) is 24.8 Å². The van der Waals surface area contributed by atoms with E-state index in [-0.39, 0.29) is 35.9 Å². The first-order valence-electron chi connectivity index (χ1n) is 13.1. The average Bonchev–Trinajstić information content (AvgIpc) is 3.13. The number of esters is 2. The summed E-state index contributed by atoms with van der Waals surface area (Å²) in [6.07, 6.45) is 10.2. The van der Waals surface area contributed by atoms with Crippen LogP contribution in [0.15, 0.2) is 11.6 Å². The third-order valence-corrected chi connectivity index (χ3v) is 9.52. The average molecular weight is 462 g/mol. The normalized spacial score (nSPS) is 42.0. The van der Waals surface area contributed by atoms with Gasteiger partial charge in [-0.2, -0.15) is 0 Å². The second kappa shape index (κ2) is 9.69. The first-order valence-corrected chi connectivity index (χ1v) is 13.1. The van der Waals surface area contributed by atoms with E-state index in [4.69, 9.17) is 9.47 Å². The molecular formula is C27H43NO5. The molecule has 0 aromatic heterocycles. The second-order valence-electron chi connectivity index (χ2n) is 11.4. The molecule has 6 heteroatoms. The fourth-order valence-corrected chi connectivity index (χ4v) is 7.65. The molecule has 3 unspecified atom stereocenters. The van der Waals surface area contributed by atoms with Gasteiger partial charge in [-0.25, -0.2) is 0 Å². The molecule has 186 valence electrons. The van der Waals surface area contributed by atoms with Gasteiger partial charge in [0.25, 0.3) is 0 Å². The first kappa shape index (κ1) is 24.7. The summed E-state index contributed by atoms with van der Waals surface area (Å²) in [7, 11) is 1.50. The predicted molar refractivity (Wildman–Crippen MR) is 126 cm³/mol. The number of fused-ring (bicyclic) bond motifs is 2. The molecule has 4 aliphatic rings. The lowest BCUT2D eigenvalue weighted by Gasteiger charge is -2.53. The van der Waals surface area contributed by atoms with Crippen LogP contribution in [-0.4, -0.2) is 59.4 Å². The molecular weight excluding hydrogens is 418 g/mol. The lowest BCUT2D eigenvalue weighted by atomic mass is 9.57. The van der Waals surface area contributed by atoms with Crippen molar-refractivity contribution in [1.29, 1.82) is 0 Å². The number of carbonyl (C=O) groups is 2. The number of methoxy groups -OCH3 is 1. The van der Waals surface area contributed by atoms with Crippen LogP contribution in [0.5, 0.6) is 0 Å². The fraction of sp³-hybridized carbons (Fsp3) is 0.852. The molecule has 0 spiro atoms. The topological polar surface area (TPSA) is 76.1 Å². The minimum Gasteiger partial charge on any atom is -0.468 e. The van der Waals surface area contributed by atoms with E-state index in [9.17, 15) is 14.7 Å². The van der Waals surface area contributed by atoms with Gasteiger partial charge in [-0.15, -0.1) is 0 Å². The molecule has 6 nitrogen and oxygen atoms in total. The Labute approximate surface area is 199 Å². The van der Waals surface area contributed by atoms with E-state index >= 15 is 0 Å². The van der Waals surface area contributed by atoms with Crippen LogP contribution in [-0.2, 0) is 19.1 Å². The Hall–Kier alpha value is -1.40. The fourth-order valence-electron chi connectivity index (χ4n) is 7.65. The molecule has 0 radical (unpaired) electrons. The summed E-state index contributed by atoms with van der Waals surface area (Å²) < 4.78 is 10.8. The van der Waals surface area contributed by atoms with Crippen molar-refractivity contribution in [3.63, 3.8) is 0 Å². The Morgan fingerprint density at radius 2 is 1.97 bits per heavy atom. The Morgan fingerprint density at radius 1 is 1.24 bits per heavy atom. The van der Waals surface area contributed by atoms with Crippen LogP contribution in [0.1, 0.15) is 79.1 Å². The smallest absolute Gasteiger partial charge is 0.323 e. The summed E-state index contributed by atoms with van der Waals surface area (Å²) >= 11 is 0. The second-order valence-corrected chi connectivity index (χ2v) is 11.4. The van der Waals surface area contributed by atoms with E-state index in [0.717, 1.165) is 31.4 Å². The number of hydrogen-bond acceptors (Lipinski definition) is 6. The monoisotopic (exact) mass is 461 g/mol. The van der Waals surface area contributed by atoms with Crippen molar-refractivity contribution in [2.24, 2.45) is 29.6 Å². The Kier molecular flexibility index (Phi) is 7.26. The molecule has 1 aliphatic heterocycles. The molecule has 0 bridgehead atoms. The molecule has 0 aromatic rings. The molecule has 9 atom stereocenters. The van der Waals surface area contributed by atoms with Crippen LogP contribution < -0.4 is 0 Å². The van der Waals surface area contributed by atoms with Gasteiger partial charge in [0.1, 0.15) is 12.1 Å². The van der Waals surface area contributed by atoms with E-state index in [0.29, 0.717) is 30.2 Å². The summed E-state index contributed by atoms with van der Waals surface area (Å²) in [6.45, 7) is 8.76. The third kappa shape index (κ3) is 4.62. The van der Waals surface area contributed by atoms with Crippen LogP contribution in [0.3, 0.4) is 0 Å². The summed E-state index contributed by atoms with van der Waals surface area (Å²) in [5.74, 6) is 1.09. The van der Waals surface area contributed by atoms with E-state index < -0.39 is 5.60 Å². The number of hydrogen-bond donors (Lipinski definition) is 1. The highest BCUT2D eigenvalue weighted by Gasteiger charge is 2.54. The number of aliphatic hydroxyl groups is 1. The summed E-state index contributed by atoms with van der Waals surface area (Å²) in [6, 6.07) is 0.340. The zero-order valence-electron chi connectivity index (χ0n) is 21.1. The zero-order chi connectivity index (χ0) is 23.9. The maximum Gasteiger partial charge on any atom is 0.323 e. The van der Waals surface area contributed by atoms with Crippen molar-refractivity contribution < 1.29 is 24.2 Å². The Bertz CT molecular complexity index is 780. The largest absolute Gasteiger partial charge is 0.468 e. The van der Waals surface area contributed by atoms with E-state index in [1.165, 1.54) is 39.7 Å². The van der Waals surface area contributed by atoms with E-state index in [1.54, 1.807) is 0 Å². The molecule has 2 saturated carbocycles. The Morgan fingerprint density at radius 3 is 2.67 bits per heavy atom. The van der Waals surface area contributed by atoms with Crippen molar-refractivity contribution >= 4 is 11.9 Å². The highest BCUT2D eigenvalue weighted by Crippen LogP contribution is 2.52. The zero-order valence-corrected chi connectivity index (χ0v) is 21.1. The van der Waals surface area contributed by atoms with Gasteiger partial charge in [0, 0.05) is 31.8 Å². The van der Waals surface area contributed by atoms with Crippen LogP contribution in [0, 0.1) is 29.6 Å². The number of carbonyl (C=O) groups excluding carboxylic acids is 2. The molecule has 0 aromatic carbocycles. The van der Waals surface area contributed by atoms with Crippen molar-refractivity contribution in [2.75, 3.05) is 13.7 Å². The van der Waals surface area contributed by atoms with Crippen LogP contribution in [0.4, 0.5) is 0 Å². The maximum atomic E-state index is 12.7. The van der Waals surface area contributed by atoms with Crippen molar-refractivity contribution in [3.8, 4) is 0 Å². The molecule has 1 N–H and O–H groups in total. The number of likely N-dealkylation sites (tertiary alicyclic amines) is 1. The van der Waals surface area contributed by atoms with Crippen LogP contribution in [0.2, 0.25) is 0 Å². The molecule has 3 fully saturated rings.